The van der Waals surface area contributed by atoms with Gasteiger partial charge in [-0.2, -0.15) is 0 Å². The molecule has 9 heteroatoms. The van der Waals surface area contributed by atoms with E-state index < -0.39 is 10.9 Å². The van der Waals surface area contributed by atoms with E-state index in [2.05, 4.69) is 10.6 Å². The third-order valence-corrected chi connectivity index (χ3v) is 4.95. The van der Waals surface area contributed by atoms with Crippen LogP contribution in [0.3, 0.4) is 0 Å². The first-order chi connectivity index (χ1) is 12.8. The van der Waals surface area contributed by atoms with Gasteiger partial charge in [0.25, 0.3) is 5.69 Å². The number of nitro benzene ring substituents is 1. The van der Waals surface area contributed by atoms with E-state index in [1.54, 1.807) is 13.0 Å². The number of nitrogens with zero attached hydrogens (tertiary/aromatic N) is 1. The normalized spacial score (nSPS) is 10.5. The van der Waals surface area contributed by atoms with Crippen molar-refractivity contribution in [3.63, 3.8) is 0 Å². The molecule has 8 nitrogen and oxygen atoms in total. The van der Waals surface area contributed by atoms with E-state index in [0.717, 1.165) is 4.88 Å². The Labute approximate surface area is 160 Å². The minimum absolute atomic E-state index is 0.0242. The van der Waals surface area contributed by atoms with Gasteiger partial charge >= 0.3 is 5.97 Å². The first kappa shape index (κ1) is 20.4. The predicted molar refractivity (Wildman–Crippen MR) is 105 cm³/mol. The highest BCUT2D eigenvalue weighted by atomic mass is 32.1. The first-order valence-electron chi connectivity index (χ1n) is 8.40. The zero-order valence-electron chi connectivity index (χ0n) is 15.3. The molecule has 0 bridgehead atoms. The second-order valence-electron chi connectivity index (χ2n) is 5.97. The summed E-state index contributed by atoms with van der Waals surface area (Å²) < 4.78 is 5.05. The number of benzene rings is 1. The van der Waals surface area contributed by atoms with Gasteiger partial charge in [-0.3, -0.25) is 14.9 Å². The maximum atomic E-state index is 12.2. The van der Waals surface area contributed by atoms with Crippen molar-refractivity contribution >= 4 is 39.6 Å². The number of non-ortho nitro benzene ring substituents is 1. The Morgan fingerprint density at radius 1 is 1.26 bits per heavy atom. The van der Waals surface area contributed by atoms with E-state index in [-0.39, 0.29) is 30.7 Å². The molecular formula is C18H21N3O5S. The molecule has 0 fully saturated rings. The molecule has 0 aliphatic rings. The monoisotopic (exact) mass is 391 g/mol. The average molecular weight is 391 g/mol. The number of nitro groups is 1. The lowest BCUT2D eigenvalue weighted by atomic mass is 10.1. The average Bonchev–Trinajstić information content (AvgIpc) is 3.04. The van der Waals surface area contributed by atoms with E-state index >= 15 is 0 Å². The quantitative estimate of drug-likeness (QED) is 0.400. The number of thiophene rings is 1. The zero-order valence-corrected chi connectivity index (χ0v) is 16.1. The summed E-state index contributed by atoms with van der Waals surface area (Å²) in [6.45, 7) is 5.93. The van der Waals surface area contributed by atoms with Crippen LogP contribution in [0.15, 0.2) is 30.3 Å². The summed E-state index contributed by atoms with van der Waals surface area (Å²) in [5, 5.41) is 16.7. The van der Waals surface area contributed by atoms with Crippen LogP contribution in [0.4, 0.5) is 16.4 Å². The molecule has 2 rings (SSSR count). The van der Waals surface area contributed by atoms with Gasteiger partial charge < -0.3 is 15.4 Å². The van der Waals surface area contributed by atoms with Gasteiger partial charge in [-0.05, 0) is 31.0 Å². The Bertz CT molecular complexity index is 830. The first-order valence-corrected chi connectivity index (χ1v) is 9.22. The Morgan fingerprint density at radius 2 is 1.93 bits per heavy atom. The van der Waals surface area contributed by atoms with Crippen LogP contribution in [-0.2, 0) is 9.53 Å². The molecule has 0 spiro atoms. The number of carbonyl (C=O) groups excluding carboxylic acids is 2. The van der Waals surface area contributed by atoms with Gasteiger partial charge in [0.15, 0.2) is 0 Å². The highest BCUT2D eigenvalue weighted by Gasteiger charge is 2.20. The van der Waals surface area contributed by atoms with Crippen LogP contribution in [0.1, 0.15) is 41.9 Å². The van der Waals surface area contributed by atoms with Crippen LogP contribution in [0.25, 0.3) is 0 Å². The fourth-order valence-electron chi connectivity index (χ4n) is 2.20. The van der Waals surface area contributed by atoms with Crippen molar-refractivity contribution in [1.29, 1.82) is 0 Å². The summed E-state index contributed by atoms with van der Waals surface area (Å²) in [6.07, 6.45) is 0. The minimum atomic E-state index is -0.490. The van der Waals surface area contributed by atoms with Gasteiger partial charge in [-0.15, -0.1) is 11.3 Å². The standard InChI is InChI=1S/C18H21N3O5S/c1-4-26-18(23)14-9-15(11(2)3)27-17(14)20-16(22)10-19-12-5-7-13(8-6-12)21(24)25/h5-9,11,19H,4,10H2,1-3H3,(H,20,22). The maximum absolute atomic E-state index is 12.2. The van der Waals surface area contributed by atoms with Crippen LogP contribution >= 0.6 is 11.3 Å². The van der Waals surface area contributed by atoms with Gasteiger partial charge in [0.1, 0.15) is 5.00 Å². The molecule has 0 unspecified atom stereocenters. The molecule has 144 valence electrons. The fourth-order valence-corrected chi connectivity index (χ4v) is 3.27. The highest BCUT2D eigenvalue weighted by Crippen LogP contribution is 2.33. The molecule has 1 heterocycles. The molecule has 2 aromatic rings. The SMILES string of the molecule is CCOC(=O)c1cc(C(C)C)sc1NC(=O)CNc1ccc([N+](=O)[O-])cc1. The molecule has 0 saturated heterocycles. The lowest BCUT2D eigenvalue weighted by Crippen LogP contribution is -2.22. The molecule has 1 aromatic heterocycles. The number of carbonyl (C=O) groups is 2. The van der Waals surface area contributed by atoms with Gasteiger partial charge in [-0.25, -0.2) is 4.79 Å². The number of amides is 1. The number of hydrogen-bond donors (Lipinski definition) is 2. The Kier molecular flexibility index (Phi) is 6.89. The summed E-state index contributed by atoms with van der Waals surface area (Å²) in [6, 6.07) is 7.50. The summed E-state index contributed by atoms with van der Waals surface area (Å²) in [4.78, 5) is 35.5. The molecule has 27 heavy (non-hydrogen) atoms. The van der Waals surface area contributed by atoms with Gasteiger partial charge in [0.2, 0.25) is 5.91 Å². The lowest BCUT2D eigenvalue weighted by molar-refractivity contribution is -0.384. The number of rotatable bonds is 8. The van der Waals surface area contributed by atoms with Crippen LogP contribution in [0.5, 0.6) is 0 Å². The van der Waals surface area contributed by atoms with Crippen LogP contribution < -0.4 is 10.6 Å². The van der Waals surface area contributed by atoms with Gasteiger partial charge in [0.05, 0.1) is 23.6 Å². The van der Waals surface area contributed by atoms with E-state index in [1.165, 1.54) is 35.6 Å². The topological polar surface area (TPSA) is 111 Å². The van der Waals surface area contributed by atoms with Crippen molar-refractivity contribution in [3.8, 4) is 0 Å². The maximum Gasteiger partial charge on any atom is 0.341 e. The largest absolute Gasteiger partial charge is 0.462 e. The molecule has 0 aliphatic heterocycles. The number of nitrogens with one attached hydrogen (secondary N) is 2. The third kappa shape index (κ3) is 5.52. The molecule has 0 atom stereocenters. The van der Waals surface area contributed by atoms with E-state index in [0.29, 0.717) is 16.3 Å². The summed E-state index contributed by atoms with van der Waals surface area (Å²) in [5.74, 6) is -0.595. The summed E-state index contributed by atoms with van der Waals surface area (Å²) in [7, 11) is 0. The van der Waals surface area contributed by atoms with Gasteiger partial charge in [0, 0.05) is 22.7 Å². The Morgan fingerprint density at radius 3 is 2.48 bits per heavy atom. The van der Waals surface area contributed by atoms with Crippen LogP contribution in [0.2, 0.25) is 0 Å². The van der Waals surface area contributed by atoms with Crippen LogP contribution in [-0.4, -0.2) is 30.0 Å². The molecule has 2 N–H and O–H groups in total. The molecule has 1 amide bonds. The van der Waals surface area contributed by atoms with E-state index in [4.69, 9.17) is 4.74 Å². The van der Waals surface area contributed by atoms with Crippen molar-refractivity contribution in [1.82, 2.24) is 0 Å². The lowest BCUT2D eigenvalue weighted by Gasteiger charge is -2.08. The van der Waals surface area contributed by atoms with Crippen molar-refractivity contribution in [2.45, 2.75) is 26.7 Å². The van der Waals surface area contributed by atoms with Crippen LogP contribution in [0, 0.1) is 10.1 Å². The predicted octanol–water partition coefficient (Wildman–Crippen LogP) is 4.01. The van der Waals surface area contributed by atoms with E-state index in [9.17, 15) is 19.7 Å². The number of anilines is 2. The number of esters is 1. The van der Waals surface area contributed by atoms with Crippen molar-refractivity contribution < 1.29 is 19.2 Å². The highest BCUT2D eigenvalue weighted by molar-refractivity contribution is 7.16. The molecular weight excluding hydrogens is 370 g/mol. The molecule has 0 aliphatic carbocycles. The molecule has 0 saturated carbocycles. The Balaban J connectivity index is 2.03. The molecule has 0 radical (unpaired) electrons. The van der Waals surface area contributed by atoms with Gasteiger partial charge in [-0.1, -0.05) is 13.8 Å². The zero-order chi connectivity index (χ0) is 20.0. The minimum Gasteiger partial charge on any atom is -0.462 e. The van der Waals surface area contributed by atoms with Crippen molar-refractivity contribution in [3.05, 3.63) is 50.9 Å². The summed E-state index contributed by atoms with van der Waals surface area (Å²) >= 11 is 1.34. The smallest absolute Gasteiger partial charge is 0.341 e. The fraction of sp³-hybridized carbons (Fsp3) is 0.333. The molecule has 1 aromatic carbocycles. The second-order valence-corrected chi connectivity index (χ2v) is 7.06. The number of ether oxygens (including phenoxy) is 1. The van der Waals surface area contributed by atoms with Crippen molar-refractivity contribution in [2.24, 2.45) is 0 Å². The third-order valence-electron chi connectivity index (χ3n) is 3.60. The van der Waals surface area contributed by atoms with Crippen molar-refractivity contribution in [2.75, 3.05) is 23.8 Å². The van der Waals surface area contributed by atoms with E-state index in [1.807, 2.05) is 13.8 Å². The summed E-state index contributed by atoms with van der Waals surface area (Å²) in [5.41, 5.74) is 0.897. The number of hydrogen-bond acceptors (Lipinski definition) is 7. The second kappa shape index (κ2) is 9.13. The Hall–Kier alpha value is -2.94.